The molecule has 0 saturated carbocycles. The molecule has 118 valence electrons. The Morgan fingerprint density at radius 3 is 2.29 bits per heavy atom. The molecule has 1 aromatic carbocycles. The Morgan fingerprint density at radius 2 is 1.67 bits per heavy atom. The van der Waals surface area contributed by atoms with Gasteiger partial charge >= 0.3 is 0 Å². The third-order valence-corrected chi connectivity index (χ3v) is 4.15. The van der Waals surface area contributed by atoms with Gasteiger partial charge in [0.25, 0.3) is 0 Å². The largest absolute Gasteiger partial charge is 0.308 e. The maximum absolute atomic E-state index is 3.82. The van der Waals surface area contributed by atoms with Crippen LogP contribution in [-0.2, 0) is 6.54 Å². The molecule has 0 radical (unpaired) electrons. The smallest absolute Gasteiger partial charge is 0.0372 e. The lowest BCUT2D eigenvalue weighted by Crippen LogP contribution is -2.38. The summed E-state index contributed by atoms with van der Waals surface area (Å²) in [6.07, 6.45) is 4.82. The quantitative estimate of drug-likeness (QED) is 0.473. The van der Waals surface area contributed by atoms with E-state index in [2.05, 4.69) is 65.6 Å². The molecule has 0 aliphatic heterocycles. The van der Waals surface area contributed by atoms with Crippen LogP contribution in [-0.4, -0.2) is 61.7 Å². The van der Waals surface area contributed by atoms with Gasteiger partial charge in [-0.05, 0) is 18.7 Å². The van der Waals surface area contributed by atoms with Gasteiger partial charge in [0.15, 0.2) is 0 Å². The first-order chi connectivity index (χ1) is 10.3. The van der Waals surface area contributed by atoms with Gasteiger partial charge in [0.05, 0.1) is 0 Å². The van der Waals surface area contributed by atoms with Crippen LogP contribution in [0.1, 0.15) is 19.4 Å². The highest BCUT2D eigenvalue weighted by Gasteiger charge is 2.07. The number of nitrogens with zero attached hydrogens (tertiary/aromatic N) is 2. The molecule has 0 aliphatic carbocycles. The molecule has 0 saturated heterocycles. The van der Waals surface area contributed by atoms with Crippen LogP contribution in [0.15, 0.2) is 30.3 Å². The number of hydrogen-bond donors (Lipinski definition) is 1. The van der Waals surface area contributed by atoms with E-state index in [9.17, 15) is 0 Å². The molecular weight excluding hydrogens is 277 g/mol. The van der Waals surface area contributed by atoms with Crippen LogP contribution < -0.4 is 5.32 Å². The third-order valence-electron chi connectivity index (χ3n) is 3.70. The zero-order valence-corrected chi connectivity index (χ0v) is 14.5. The summed E-state index contributed by atoms with van der Waals surface area (Å²) in [7, 11) is 1.18. The zero-order chi connectivity index (χ0) is 15.3. The summed E-state index contributed by atoms with van der Waals surface area (Å²) in [4.78, 5) is 5.03. The summed E-state index contributed by atoms with van der Waals surface area (Å²) >= 11 is 0. The van der Waals surface area contributed by atoms with Gasteiger partial charge in [-0.2, -0.15) is 0 Å². The first-order valence-corrected chi connectivity index (χ1v) is 9.18. The predicted molar refractivity (Wildman–Crippen MR) is 96.4 cm³/mol. The van der Waals surface area contributed by atoms with Crippen molar-refractivity contribution in [2.45, 2.75) is 20.4 Å². The Hall–Kier alpha value is -0.730. The molecule has 0 spiro atoms. The predicted octanol–water partition coefficient (Wildman–Crippen LogP) is 2.76. The second kappa shape index (κ2) is 11.9. The lowest BCUT2D eigenvalue weighted by Gasteiger charge is -2.26. The molecule has 1 rings (SSSR count). The number of nitrogens with one attached hydrogen (secondary N) is 1. The van der Waals surface area contributed by atoms with Gasteiger partial charge in [0, 0.05) is 39.0 Å². The van der Waals surface area contributed by atoms with E-state index >= 15 is 0 Å². The Labute approximate surface area is 132 Å². The van der Waals surface area contributed by atoms with Crippen LogP contribution in [0.3, 0.4) is 0 Å². The van der Waals surface area contributed by atoms with Gasteiger partial charge in [-0.1, -0.05) is 58.7 Å². The molecule has 0 aromatic heterocycles. The van der Waals surface area contributed by atoms with Crippen molar-refractivity contribution in [1.29, 1.82) is 0 Å². The van der Waals surface area contributed by atoms with E-state index in [-0.39, 0.29) is 0 Å². The first-order valence-electron chi connectivity index (χ1n) is 7.92. The molecule has 0 fully saturated rings. The van der Waals surface area contributed by atoms with Gasteiger partial charge in [-0.15, -0.1) is 0 Å². The summed E-state index contributed by atoms with van der Waals surface area (Å²) < 4.78 is 0. The molecule has 0 heterocycles. The molecule has 0 bridgehead atoms. The zero-order valence-electron chi connectivity index (χ0n) is 13.6. The summed E-state index contributed by atoms with van der Waals surface area (Å²) in [6.45, 7) is 12.2. The number of rotatable bonds is 12. The Bertz CT molecular complexity index is 370. The summed E-state index contributed by atoms with van der Waals surface area (Å²) in [5, 5.41) is 3.41. The van der Waals surface area contributed by atoms with Crippen LogP contribution in [0.2, 0.25) is 0 Å². The number of likely N-dealkylation sites (N-methyl/N-ethyl adjacent to an activating group) is 2. The molecule has 21 heavy (non-hydrogen) atoms. The van der Waals surface area contributed by atoms with Crippen molar-refractivity contribution < 1.29 is 0 Å². The summed E-state index contributed by atoms with van der Waals surface area (Å²) in [5.74, 6) is 0. The van der Waals surface area contributed by atoms with Crippen LogP contribution in [0.4, 0.5) is 0 Å². The summed E-state index contributed by atoms with van der Waals surface area (Å²) in [6, 6.07) is 10.7. The number of benzene rings is 1. The van der Waals surface area contributed by atoms with Gasteiger partial charge in [0.2, 0.25) is 0 Å². The molecular formula is C17H30N3P. The van der Waals surface area contributed by atoms with Crippen molar-refractivity contribution in [1.82, 2.24) is 15.1 Å². The summed E-state index contributed by atoms with van der Waals surface area (Å²) in [5.41, 5.74) is 1.40. The van der Waals surface area contributed by atoms with E-state index in [0.717, 1.165) is 52.1 Å². The lowest BCUT2D eigenvalue weighted by atomic mass is 10.2. The minimum Gasteiger partial charge on any atom is -0.308 e. The van der Waals surface area contributed by atoms with Gasteiger partial charge in [0.1, 0.15) is 0 Å². The van der Waals surface area contributed by atoms with Crippen LogP contribution >= 0.6 is 8.20 Å². The molecule has 0 aliphatic rings. The Morgan fingerprint density at radius 1 is 1.00 bits per heavy atom. The molecule has 4 heteroatoms. The highest BCUT2D eigenvalue weighted by atomic mass is 31.1. The van der Waals surface area contributed by atoms with Crippen LogP contribution in [0.5, 0.6) is 0 Å². The molecule has 1 N–H and O–H groups in total. The Balaban J connectivity index is 2.29. The van der Waals surface area contributed by atoms with E-state index in [1.54, 1.807) is 0 Å². The standard InChI is InChI=1S/C17H30N3P/c1-4-19(12-11-18-16-21-3)13-14-20(5-2)15-17-9-7-6-8-10-17/h6-10,18H,3-5,11-16H2,1-2H3. The monoisotopic (exact) mass is 307 g/mol. The highest BCUT2D eigenvalue weighted by Crippen LogP contribution is 2.04. The second-order valence-corrected chi connectivity index (χ2v) is 5.93. The fourth-order valence-electron chi connectivity index (χ4n) is 2.30. The highest BCUT2D eigenvalue weighted by molar-refractivity contribution is 7.36. The number of hydrogen-bond acceptors (Lipinski definition) is 3. The molecule has 1 aromatic rings. The SMILES string of the molecule is C=PCNCCN(CC)CCN(CC)Cc1ccccc1. The van der Waals surface area contributed by atoms with Gasteiger partial charge in [-0.3, -0.25) is 4.90 Å². The fraction of sp³-hybridized carbons (Fsp3) is 0.588. The van der Waals surface area contributed by atoms with Gasteiger partial charge in [-0.25, -0.2) is 0 Å². The van der Waals surface area contributed by atoms with Crippen molar-refractivity contribution >= 4 is 14.5 Å². The van der Waals surface area contributed by atoms with E-state index in [0.29, 0.717) is 0 Å². The first kappa shape index (κ1) is 18.3. The third kappa shape index (κ3) is 8.33. The normalized spacial score (nSPS) is 11.6. The molecule has 0 unspecified atom stereocenters. The maximum atomic E-state index is 3.82. The second-order valence-electron chi connectivity index (χ2n) is 5.17. The average molecular weight is 307 g/mol. The van der Waals surface area contributed by atoms with Crippen molar-refractivity contribution in [3.05, 3.63) is 35.9 Å². The van der Waals surface area contributed by atoms with Crippen LogP contribution in [0.25, 0.3) is 0 Å². The molecule has 0 amide bonds. The van der Waals surface area contributed by atoms with E-state index in [4.69, 9.17) is 0 Å². The minimum atomic E-state index is 0.993. The Kier molecular flexibility index (Phi) is 10.4. The van der Waals surface area contributed by atoms with E-state index < -0.39 is 0 Å². The van der Waals surface area contributed by atoms with Crippen molar-refractivity contribution in [2.24, 2.45) is 0 Å². The van der Waals surface area contributed by atoms with Crippen LogP contribution in [0, 0.1) is 0 Å². The van der Waals surface area contributed by atoms with E-state index in [1.165, 1.54) is 13.8 Å². The minimum absolute atomic E-state index is 0.993. The van der Waals surface area contributed by atoms with Crippen molar-refractivity contribution in [2.75, 3.05) is 45.6 Å². The average Bonchev–Trinajstić information content (AvgIpc) is 2.54. The maximum Gasteiger partial charge on any atom is 0.0372 e. The van der Waals surface area contributed by atoms with Crippen molar-refractivity contribution in [3.63, 3.8) is 0 Å². The molecule has 0 atom stereocenters. The van der Waals surface area contributed by atoms with Gasteiger partial charge < -0.3 is 10.2 Å². The topological polar surface area (TPSA) is 18.5 Å². The lowest BCUT2D eigenvalue weighted by molar-refractivity contribution is 0.210. The van der Waals surface area contributed by atoms with E-state index in [1.807, 2.05) is 0 Å². The van der Waals surface area contributed by atoms with Crippen molar-refractivity contribution in [3.8, 4) is 0 Å². The fourth-order valence-corrected chi connectivity index (χ4v) is 2.61. The molecule has 3 nitrogen and oxygen atoms in total.